The van der Waals surface area contributed by atoms with Crippen molar-refractivity contribution >= 4 is 23.2 Å². The Morgan fingerprint density at radius 3 is 2.65 bits per heavy atom. The van der Waals surface area contributed by atoms with Crippen LogP contribution in [0.3, 0.4) is 0 Å². The second kappa shape index (κ2) is 6.52. The molecule has 0 N–H and O–H groups in total. The maximum atomic E-state index is 13.0. The van der Waals surface area contributed by atoms with Crippen LogP contribution in [0, 0.1) is 5.82 Å². The third-order valence-electron chi connectivity index (χ3n) is 3.23. The first-order chi connectivity index (χ1) is 11.0. The van der Waals surface area contributed by atoms with E-state index in [1.165, 1.54) is 22.9 Å². The van der Waals surface area contributed by atoms with E-state index in [0.29, 0.717) is 28.0 Å². The highest BCUT2D eigenvalue weighted by Gasteiger charge is 2.14. The Morgan fingerprint density at radius 2 is 1.96 bits per heavy atom. The fraction of sp³-hybridized carbons (Fsp3) is 0.133. The number of rotatable bonds is 4. The van der Waals surface area contributed by atoms with Crippen LogP contribution >= 0.6 is 23.2 Å². The topological polar surface area (TPSA) is 60.9 Å². The summed E-state index contributed by atoms with van der Waals surface area (Å²) in [7, 11) is 0. The molecule has 3 rings (SSSR count). The maximum Gasteiger partial charge on any atom is 0.441 e. The number of halogens is 3. The summed E-state index contributed by atoms with van der Waals surface area (Å²) in [6.07, 6.45) is 1.76. The first kappa shape index (κ1) is 15.7. The summed E-state index contributed by atoms with van der Waals surface area (Å²) in [4.78, 5) is 16.0. The minimum Gasteiger partial charge on any atom is -0.296 e. The van der Waals surface area contributed by atoms with Crippen LogP contribution < -0.4 is 5.76 Å². The van der Waals surface area contributed by atoms with Crippen LogP contribution in [0.2, 0.25) is 10.0 Å². The van der Waals surface area contributed by atoms with Crippen molar-refractivity contribution in [1.29, 1.82) is 0 Å². The van der Waals surface area contributed by atoms with Crippen LogP contribution in [0.4, 0.5) is 4.39 Å². The number of hydrogen-bond donors (Lipinski definition) is 0. The first-order valence-electron chi connectivity index (χ1n) is 6.62. The van der Waals surface area contributed by atoms with Gasteiger partial charge in [-0.15, -0.1) is 0 Å². The molecule has 118 valence electrons. The van der Waals surface area contributed by atoms with Gasteiger partial charge in [0.15, 0.2) is 5.82 Å². The minimum atomic E-state index is -0.616. The molecule has 2 heterocycles. The monoisotopic (exact) mass is 353 g/mol. The van der Waals surface area contributed by atoms with E-state index in [-0.39, 0.29) is 12.4 Å². The first-order valence-corrected chi connectivity index (χ1v) is 7.38. The highest BCUT2D eigenvalue weighted by atomic mass is 35.5. The van der Waals surface area contributed by atoms with E-state index in [1.54, 1.807) is 18.2 Å². The smallest absolute Gasteiger partial charge is 0.296 e. The third kappa shape index (κ3) is 3.60. The van der Waals surface area contributed by atoms with Gasteiger partial charge in [0.05, 0.1) is 22.3 Å². The summed E-state index contributed by atoms with van der Waals surface area (Å²) in [5.74, 6) is -0.548. The third-order valence-corrected chi connectivity index (χ3v) is 3.76. The molecular formula is C15H10Cl2FN3O2. The van der Waals surface area contributed by atoms with E-state index >= 15 is 0 Å². The van der Waals surface area contributed by atoms with Crippen molar-refractivity contribution in [2.75, 3.05) is 0 Å². The molecule has 0 aliphatic heterocycles. The van der Waals surface area contributed by atoms with E-state index < -0.39 is 5.76 Å². The molecule has 0 radical (unpaired) electrons. The zero-order chi connectivity index (χ0) is 16.4. The van der Waals surface area contributed by atoms with Gasteiger partial charge >= 0.3 is 5.76 Å². The lowest BCUT2D eigenvalue weighted by Gasteiger charge is -2.06. The second-order valence-electron chi connectivity index (χ2n) is 4.84. The fourth-order valence-corrected chi connectivity index (χ4v) is 2.51. The van der Waals surface area contributed by atoms with Crippen LogP contribution in [0.5, 0.6) is 0 Å². The molecule has 0 atom stereocenters. The number of aromatic nitrogens is 3. The summed E-state index contributed by atoms with van der Waals surface area (Å²) in [5, 5.41) is 4.51. The fourth-order valence-electron chi connectivity index (χ4n) is 2.07. The zero-order valence-electron chi connectivity index (χ0n) is 11.7. The van der Waals surface area contributed by atoms with Crippen molar-refractivity contribution in [1.82, 2.24) is 14.7 Å². The second-order valence-corrected chi connectivity index (χ2v) is 5.68. The van der Waals surface area contributed by atoms with Crippen LogP contribution in [0.25, 0.3) is 0 Å². The highest BCUT2D eigenvalue weighted by Crippen LogP contribution is 2.19. The quantitative estimate of drug-likeness (QED) is 0.721. The Bertz CT molecular complexity index is 890. The van der Waals surface area contributed by atoms with Crippen molar-refractivity contribution in [3.63, 3.8) is 0 Å². The van der Waals surface area contributed by atoms with E-state index in [4.69, 9.17) is 27.7 Å². The van der Waals surface area contributed by atoms with Gasteiger partial charge in [-0.2, -0.15) is 0 Å². The molecule has 1 aromatic carbocycles. The van der Waals surface area contributed by atoms with Crippen LogP contribution in [-0.4, -0.2) is 14.7 Å². The van der Waals surface area contributed by atoms with Crippen LogP contribution in [0.15, 0.2) is 45.8 Å². The largest absolute Gasteiger partial charge is 0.441 e. The molecule has 23 heavy (non-hydrogen) atoms. The Kier molecular flexibility index (Phi) is 4.45. The Hall–Kier alpha value is -2.18. The molecular weight excluding hydrogens is 344 g/mol. The van der Waals surface area contributed by atoms with Crippen molar-refractivity contribution in [2.45, 2.75) is 13.0 Å². The summed E-state index contributed by atoms with van der Waals surface area (Å²) < 4.78 is 19.0. The van der Waals surface area contributed by atoms with E-state index in [9.17, 15) is 9.18 Å². The lowest BCUT2D eigenvalue weighted by molar-refractivity contribution is 0.375. The molecule has 0 saturated heterocycles. The number of pyridine rings is 1. The lowest BCUT2D eigenvalue weighted by atomic mass is 10.1. The normalized spacial score (nSPS) is 10.9. The molecule has 3 aromatic rings. The molecule has 0 bridgehead atoms. The average molecular weight is 354 g/mol. The van der Waals surface area contributed by atoms with Gasteiger partial charge in [0.25, 0.3) is 0 Å². The number of nitrogens with zero attached hydrogens (tertiary/aromatic N) is 3. The zero-order valence-corrected chi connectivity index (χ0v) is 13.2. The minimum absolute atomic E-state index is 0.106. The standard InChI is InChI=1S/C15H10Cl2FN3O2/c16-10-6-12(17)13(19-7-10)8-21-14(20-23-15(21)22)5-9-1-3-11(18)4-2-9/h1-4,6-7H,5,8H2. The summed E-state index contributed by atoms with van der Waals surface area (Å²) in [6.45, 7) is 0.106. The van der Waals surface area contributed by atoms with Gasteiger partial charge in [0, 0.05) is 12.6 Å². The van der Waals surface area contributed by atoms with Gasteiger partial charge in [-0.25, -0.2) is 9.18 Å². The van der Waals surface area contributed by atoms with Gasteiger partial charge in [-0.1, -0.05) is 40.5 Å². The molecule has 8 heteroatoms. The molecule has 0 fully saturated rings. The maximum absolute atomic E-state index is 13.0. The Morgan fingerprint density at radius 1 is 1.22 bits per heavy atom. The molecule has 0 aliphatic rings. The summed E-state index contributed by atoms with van der Waals surface area (Å²) in [6, 6.07) is 7.47. The summed E-state index contributed by atoms with van der Waals surface area (Å²) >= 11 is 11.9. The molecule has 2 aromatic heterocycles. The molecule has 5 nitrogen and oxygen atoms in total. The van der Waals surface area contributed by atoms with Crippen molar-refractivity contribution in [3.05, 3.63) is 80.0 Å². The molecule has 0 spiro atoms. The van der Waals surface area contributed by atoms with Gasteiger partial charge in [-0.05, 0) is 23.8 Å². The Labute approximate surface area is 140 Å². The molecule has 0 saturated carbocycles. The SMILES string of the molecule is O=c1onc(Cc2ccc(F)cc2)n1Cc1ncc(Cl)cc1Cl. The predicted octanol–water partition coefficient (Wildman–Crippen LogP) is 3.32. The lowest BCUT2D eigenvalue weighted by Crippen LogP contribution is -2.19. The van der Waals surface area contributed by atoms with E-state index in [2.05, 4.69) is 10.1 Å². The van der Waals surface area contributed by atoms with Crippen molar-refractivity contribution < 1.29 is 8.91 Å². The molecule has 0 unspecified atom stereocenters. The number of hydrogen-bond acceptors (Lipinski definition) is 4. The van der Waals surface area contributed by atoms with Gasteiger partial charge < -0.3 is 0 Å². The molecule has 0 aliphatic carbocycles. The van der Waals surface area contributed by atoms with E-state index in [0.717, 1.165) is 5.56 Å². The van der Waals surface area contributed by atoms with Crippen LogP contribution in [-0.2, 0) is 13.0 Å². The van der Waals surface area contributed by atoms with Gasteiger partial charge in [-0.3, -0.25) is 14.1 Å². The number of benzene rings is 1. The highest BCUT2D eigenvalue weighted by molar-refractivity contribution is 6.34. The average Bonchev–Trinajstić information content (AvgIpc) is 2.85. The Balaban J connectivity index is 1.89. The summed E-state index contributed by atoms with van der Waals surface area (Å²) in [5.41, 5.74) is 1.27. The van der Waals surface area contributed by atoms with E-state index in [1.807, 2.05) is 0 Å². The predicted molar refractivity (Wildman–Crippen MR) is 83.3 cm³/mol. The van der Waals surface area contributed by atoms with Gasteiger partial charge in [0.1, 0.15) is 5.82 Å². The molecule has 0 amide bonds. The van der Waals surface area contributed by atoms with Crippen molar-refractivity contribution in [2.24, 2.45) is 0 Å². The van der Waals surface area contributed by atoms with Crippen LogP contribution in [0.1, 0.15) is 17.1 Å². The van der Waals surface area contributed by atoms with Gasteiger partial charge in [0.2, 0.25) is 0 Å². The van der Waals surface area contributed by atoms with Crippen molar-refractivity contribution in [3.8, 4) is 0 Å².